The maximum atomic E-state index is 10.3. The van der Waals surface area contributed by atoms with Crippen LogP contribution in [0.1, 0.15) is 12.0 Å². The van der Waals surface area contributed by atoms with Crippen LogP contribution in [0.4, 0.5) is 0 Å². The molecule has 0 spiro atoms. The number of amides is 1. The van der Waals surface area contributed by atoms with Crippen LogP contribution in [0.15, 0.2) is 18.2 Å². The summed E-state index contributed by atoms with van der Waals surface area (Å²) < 4.78 is 0. The summed E-state index contributed by atoms with van der Waals surface area (Å²) in [5, 5.41) is 12.1. The third-order valence-corrected chi connectivity index (χ3v) is 2.47. The summed E-state index contributed by atoms with van der Waals surface area (Å²) in [5.74, 6) is 0.127. The highest BCUT2D eigenvalue weighted by Gasteiger charge is 2.12. The monoisotopic (exact) mass is 233 g/mol. The van der Waals surface area contributed by atoms with E-state index in [1.165, 1.54) is 5.56 Å². The van der Waals surface area contributed by atoms with Gasteiger partial charge in [0.15, 0.2) is 0 Å². The summed E-state index contributed by atoms with van der Waals surface area (Å²) >= 11 is 0. The van der Waals surface area contributed by atoms with Crippen molar-refractivity contribution in [1.29, 1.82) is 0 Å². The molecule has 1 fully saturated rings. The first kappa shape index (κ1) is 11.5. The second-order valence-corrected chi connectivity index (χ2v) is 4.04. The quantitative estimate of drug-likeness (QED) is 0.699. The van der Waals surface area contributed by atoms with Gasteiger partial charge in [0, 0.05) is 20.0 Å². The molecular formula is C11H15N5O. The largest absolute Gasteiger partial charge is 0.289 e. The lowest BCUT2D eigenvalue weighted by Gasteiger charge is -2.02. The summed E-state index contributed by atoms with van der Waals surface area (Å²) in [6.45, 7) is 2.88. The van der Waals surface area contributed by atoms with Crippen LogP contribution in [0.5, 0.6) is 0 Å². The topological polar surface area (TPSA) is 73.9 Å². The fourth-order valence-electron chi connectivity index (χ4n) is 1.55. The molecule has 3 rings (SSSR count). The molecule has 1 aromatic carbocycles. The number of nitrogens with zero attached hydrogens (tertiary/aromatic N) is 3. The molecule has 17 heavy (non-hydrogen) atoms. The number of benzene rings is 1. The second-order valence-electron chi connectivity index (χ2n) is 4.04. The lowest BCUT2D eigenvalue weighted by atomic mass is 10.2. The number of hydrogen-bond donors (Lipinski definition) is 2. The highest BCUT2D eigenvalue weighted by Crippen LogP contribution is 2.08. The van der Waals surface area contributed by atoms with Crippen LogP contribution in [0.3, 0.4) is 0 Å². The van der Waals surface area contributed by atoms with Crippen molar-refractivity contribution < 1.29 is 4.79 Å². The molecule has 0 atom stereocenters. The van der Waals surface area contributed by atoms with Crippen LogP contribution in [-0.4, -0.2) is 39.9 Å². The van der Waals surface area contributed by atoms with Crippen molar-refractivity contribution in [2.24, 2.45) is 0 Å². The number of aryl methyl sites for hydroxylation is 1. The van der Waals surface area contributed by atoms with E-state index in [1.807, 2.05) is 32.2 Å². The number of fused-ring (bicyclic) bond motifs is 1. The van der Waals surface area contributed by atoms with Crippen molar-refractivity contribution in [1.82, 2.24) is 25.8 Å². The van der Waals surface area contributed by atoms with Gasteiger partial charge in [0.05, 0.1) is 5.52 Å². The highest BCUT2D eigenvalue weighted by atomic mass is 16.2. The van der Waals surface area contributed by atoms with E-state index in [9.17, 15) is 4.79 Å². The fourth-order valence-corrected chi connectivity index (χ4v) is 1.55. The van der Waals surface area contributed by atoms with Crippen LogP contribution in [0.2, 0.25) is 0 Å². The Morgan fingerprint density at radius 2 is 2.24 bits per heavy atom. The third kappa shape index (κ3) is 3.01. The summed E-state index contributed by atoms with van der Waals surface area (Å²) in [6.07, 6.45) is 0.649. The van der Waals surface area contributed by atoms with Crippen LogP contribution >= 0.6 is 0 Å². The number of carbonyl (C=O) groups excluding carboxylic acids is 1. The normalized spacial score (nSPS) is 15.5. The number of aromatic amines is 1. The molecule has 1 aliphatic rings. The predicted molar refractivity (Wildman–Crippen MR) is 64.0 cm³/mol. The highest BCUT2D eigenvalue weighted by molar-refractivity contribution is 5.77. The summed E-state index contributed by atoms with van der Waals surface area (Å²) in [4.78, 5) is 10.3. The second kappa shape index (κ2) is 4.92. The van der Waals surface area contributed by atoms with Gasteiger partial charge in [0.1, 0.15) is 5.52 Å². The Morgan fingerprint density at radius 1 is 1.41 bits per heavy atom. The average Bonchev–Trinajstić information content (AvgIpc) is 2.87. The molecule has 90 valence electrons. The van der Waals surface area contributed by atoms with Gasteiger partial charge in [-0.05, 0) is 24.6 Å². The minimum absolute atomic E-state index is 0.127. The summed E-state index contributed by atoms with van der Waals surface area (Å²) in [7, 11) is 1.85. The molecule has 0 radical (unpaired) electrons. The zero-order chi connectivity index (χ0) is 12.3. The Labute approximate surface area is 99.0 Å². The van der Waals surface area contributed by atoms with E-state index >= 15 is 0 Å². The van der Waals surface area contributed by atoms with E-state index in [0.29, 0.717) is 6.42 Å². The Morgan fingerprint density at radius 3 is 2.82 bits per heavy atom. The Hall–Kier alpha value is -1.95. The van der Waals surface area contributed by atoms with Crippen molar-refractivity contribution >= 4 is 16.9 Å². The molecular weight excluding hydrogens is 218 g/mol. The zero-order valence-electron chi connectivity index (χ0n) is 9.90. The molecule has 1 amide bonds. The summed E-state index contributed by atoms with van der Waals surface area (Å²) in [5.41, 5.74) is 5.74. The van der Waals surface area contributed by atoms with E-state index in [4.69, 9.17) is 0 Å². The SMILES string of the molecule is CN1CCC(=O)N1.Cc1ccc2[nH]nnc2c1. The van der Waals surface area contributed by atoms with E-state index in [1.54, 1.807) is 5.01 Å². The van der Waals surface area contributed by atoms with Crippen LogP contribution in [0.25, 0.3) is 11.0 Å². The zero-order valence-corrected chi connectivity index (χ0v) is 9.90. The lowest BCUT2D eigenvalue weighted by Crippen LogP contribution is -2.28. The molecule has 0 unspecified atom stereocenters. The number of hydrazine groups is 1. The first-order valence-electron chi connectivity index (χ1n) is 5.43. The van der Waals surface area contributed by atoms with Gasteiger partial charge in [-0.1, -0.05) is 11.3 Å². The molecule has 2 N–H and O–H groups in total. The standard InChI is InChI=1S/C7H7N3.C4H8N2O/c1-5-2-3-6-7(4-5)9-10-8-6;1-6-3-2-4(7)5-6/h2-4H,1H3,(H,8,9,10);2-3H2,1H3,(H,5,7). The maximum Gasteiger partial charge on any atom is 0.235 e. The Kier molecular flexibility index (Phi) is 3.34. The Bertz CT molecular complexity index is 521. The van der Waals surface area contributed by atoms with E-state index in [-0.39, 0.29) is 5.91 Å². The van der Waals surface area contributed by atoms with Crippen LogP contribution in [0, 0.1) is 6.92 Å². The Balaban J connectivity index is 0.000000136. The van der Waals surface area contributed by atoms with E-state index in [2.05, 4.69) is 20.8 Å². The van der Waals surface area contributed by atoms with E-state index in [0.717, 1.165) is 17.6 Å². The molecule has 2 aromatic rings. The molecule has 1 saturated heterocycles. The van der Waals surface area contributed by atoms with Crippen molar-refractivity contribution in [3.05, 3.63) is 23.8 Å². The minimum atomic E-state index is 0.127. The van der Waals surface area contributed by atoms with Crippen molar-refractivity contribution in [2.45, 2.75) is 13.3 Å². The molecule has 1 aromatic heterocycles. The molecule has 0 aliphatic carbocycles. The third-order valence-electron chi connectivity index (χ3n) is 2.47. The number of hydrogen-bond acceptors (Lipinski definition) is 4. The van der Waals surface area contributed by atoms with Crippen molar-refractivity contribution in [2.75, 3.05) is 13.6 Å². The van der Waals surface area contributed by atoms with Gasteiger partial charge in [0.25, 0.3) is 0 Å². The number of rotatable bonds is 0. The van der Waals surface area contributed by atoms with Crippen molar-refractivity contribution in [3.8, 4) is 0 Å². The molecule has 1 aliphatic heterocycles. The first-order chi connectivity index (χ1) is 8.15. The number of aromatic nitrogens is 3. The van der Waals surface area contributed by atoms with Gasteiger partial charge in [-0.2, -0.15) is 0 Å². The van der Waals surface area contributed by atoms with Gasteiger partial charge in [-0.25, -0.2) is 5.01 Å². The predicted octanol–water partition coefficient (Wildman–Crippen LogP) is 0.619. The average molecular weight is 233 g/mol. The van der Waals surface area contributed by atoms with Gasteiger partial charge >= 0.3 is 0 Å². The van der Waals surface area contributed by atoms with Crippen LogP contribution < -0.4 is 5.43 Å². The van der Waals surface area contributed by atoms with Gasteiger partial charge in [0.2, 0.25) is 5.91 Å². The minimum Gasteiger partial charge on any atom is -0.289 e. The van der Waals surface area contributed by atoms with Gasteiger partial charge < -0.3 is 0 Å². The molecule has 2 heterocycles. The number of nitrogens with one attached hydrogen (secondary N) is 2. The number of H-pyrrole nitrogens is 1. The van der Waals surface area contributed by atoms with Gasteiger partial charge in [-0.3, -0.25) is 15.3 Å². The molecule has 0 bridgehead atoms. The molecule has 0 saturated carbocycles. The first-order valence-corrected chi connectivity index (χ1v) is 5.43. The van der Waals surface area contributed by atoms with Gasteiger partial charge in [-0.15, -0.1) is 5.10 Å². The summed E-state index contributed by atoms with van der Waals surface area (Å²) in [6, 6.07) is 6.01. The maximum absolute atomic E-state index is 10.3. The molecule has 6 heteroatoms. The van der Waals surface area contributed by atoms with Crippen molar-refractivity contribution in [3.63, 3.8) is 0 Å². The fraction of sp³-hybridized carbons (Fsp3) is 0.364. The van der Waals surface area contributed by atoms with Crippen LogP contribution in [-0.2, 0) is 4.79 Å². The van der Waals surface area contributed by atoms with E-state index < -0.39 is 0 Å². The smallest absolute Gasteiger partial charge is 0.235 e. The lowest BCUT2D eigenvalue weighted by molar-refractivity contribution is -0.120. The number of carbonyl (C=O) groups is 1. The molecule has 6 nitrogen and oxygen atoms in total.